The second-order valence-electron chi connectivity index (χ2n) is 8.97. The molecule has 0 fully saturated rings. The lowest BCUT2D eigenvalue weighted by Crippen LogP contribution is -2.30. The van der Waals surface area contributed by atoms with E-state index in [-0.39, 0.29) is 21.0 Å². The predicted octanol–water partition coefficient (Wildman–Crippen LogP) is 6.89. The number of sulfonamides is 1. The van der Waals surface area contributed by atoms with Gasteiger partial charge in [-0.25, -0.2) is 17.7 Å². The van der Waals surface area contributed by atoms with Crippen LogP contribution in [0.1, 0.15) is 11.1 Å². The van der Waals surface area contributed by atoms with Gasteiger partial charge in [0.1, 0.15) is 17.8 Å². The number of fused-ring (bicyclic) bond motifs is 1. The topological polar surface area (TPSA) is 86.5 Å². The molecule has 2 heterocycles. The summed E-state index contributed by atoms with van der Waals surface area (Å²) in [4.78, 5) is 4.12. The maximum absolute atomic E-state index is 14.0. The molecule has 0 saturated carbocycles. The third-order valence-corrected chi connectivity index (χ3v) is 9.45. The van der Waals surface area contributed by atoms with E-state index in [9.17, 15) is 21.6 Å². The van der Waals surface area contributed by atoms with Crippen LogP contribution in [0, 0.1) is 0 Å². The van der Waals surface area contributed by atoms with Gasteiger partial charge in [0, 0.05) is 57.3 Å². The fraction of sp³-hybridized carbons (Fsp3) is 0.185. The maximum Gasteiger partial charge on any atom is 0.416 e. The summed E-state index contributed by atoms with van der Waals surface area (Å²) in [6, 6.07) is 13.3. The van der Waals surface area contributed by atoms with Crippen LogP contribution in [0.4, 0.5) is 18.3 Å². The number of nitrogens with zero attached hydrogens (tertiary/aromatic N) is 4. The summed E-state index contributed by atoms with van der Waals surface area (Å²) in [5.74, 6) is 0.984. The molecule has 0 N–H and O–H groups in total. The molecule has 0 radical (unpaired) electrons. The summed E-state index contributed by atoms with van der Waals surface area (Å²) in [6.07, 6.45) is -1.58. The number of alkyl halides is 3. The minimum atomic E-state index is -4.52. The van der Waals surface area contributed by atoms with E-state index in [1.54, 1.807) is 48.1 Å². The molecule has 8 nitrogen and oxygen atoms in total. The quantitative estimate of drug-likeness (QED) is 0.179. The fourth-order valence-corrected chi connectivity index (χ4v) is 7.10. The van der Waals surface area contributed by atoms with Crippen LogP contribution in [-0.4, -0.2) is 36.6 Å². The van der Waals surface area contributed by atoms with Crippen molar-refractivity contribution in [1.82, 2.24) is 13.9 Å². The SMILES string of the molecule is COc1ccc(CN(c2ncns2)S(=O)(=O)c2ccc3c(-c4cc(Br)cc(C(F)(F)F)c4)cn(C)c3c2)c(OC)c1. The van der Waals surface area contributed by atoms with Gasteiger partial charge in [-0.05, 0) is 48.0 Å². The second kappa shape index (κ2) is 11.0. The van der Waals surface area contributed by atoms with Gasteiger partial charge >= 0.3 is 6.18 Å². The highest BCUT2D eigenvalue weighted by molar-refractivity contribution is 9.10. The van der Waals surface area contributed by atoms with Crippen molar-refractivity contribution >= 4 is 53.5 Å². The van der Waals surface area contributed by atoms with Crippen molar-refractivity contribution in [2.24, 2.45) is 7.05 Å². The van der Waals surface area contributed by atoms with E-state index in [4.69, 9.17) is 9.47 Å². The molecule has 5 aromatic rings. The Hall–Kier alpha value is -3.62. The van der Waals surface area contributed by atoms with Crippen LogP contribution in [-0.2, 0) is 29.8 Å². The molecule has 0 bridgehead atoms. The molecule has 0 atom stereocenters. The number of aromatic nitrogens is 3. The van der Waals surface area contributed by atoms with Crippen molar-refractivity contribution in [3.63, 3.8) is 0 Å². The van der Waals surface area contributed by atoms with Crippen LogP contribution in [0.2, 0.25) is 0 Å². The third-order valence-electron chi connectivity index (χ3n) is 6.46. The molecule has 2 aromatic heterocycles. The molecular formula is C27H22BrF3N4O4S2. The van der Waals surface area contributed by atoms with Crippen molar-refractivity contribution in [3.05, 3.63) is 82.7 Å². The molecule has 0 aliphatic carbocycles. The molecule has 14 heteroatoms. The Morgan fingerprint density at radius 3 is 2.49 bits per heavy atom. The number of methoxy groups -OCH3 is 2. The van der Waals surface area contributed by atoms with E-state index in [0.29, 0.717) is 39.1 Å². The molecule has 214 valence electrons. The first kappa shape index (κ1) is 28.9. The van der Waals surface area contributed by atoms with Gasteiger partial charge in [0.25, 0.3) is 10.0 Å². The average molecular weight is 668 g/mol. The zero-order chi connectivity index (χ0) is 29.5. The Morgan fingerprint density at radius 2 is 1.83 bits per heavy atom. The van der Waals surface area contributed by atoms with Gasteiger partial charge in [0.15, 0.2) is 0 Å². The van der Waals surface area contributed by atoms with E-state index in [0.717, 1.165) is 28.0 Å². The molecular weight excluding hydrogens is 645 g/mol. The largest absolute Gasteiger partial charge is 0.497 e. The highest BCUT2D eigenvalue weighted by Gasteiger charge is 2.32. The summed E-state index contributed by atoms with van der Waals surface area (Å²) in [5, 5.41) is 0.751. The average Bonchev–Trinajstić information content (AvgIpc) is 3.59. The highest BCUT2D eigenvalue weighted by atomic mass is 79.9. The zero-order valence-corrected chi connectivity index (χ0v) is 25.0. The van der Waals surface area contributed by atoms with Gasteiger partial charge in [-0.3, -0.25) is 0 Å². The Bertz CT molecular complexity index is 1840. The number of rotatable bonds is 8. The summed E-state index contributed by atoms with van der Waals surface area (Å²) in [6.45, 7) is -0.0978. The summed E-state index contributed by atoms with van der Waals surface area (Å²) in [5.41, 5.74) is 1.18. The van der Waals surface area contributed by atoms with Crippen LogP contribution in [0.15, 0.2) is 76.5 Å². The fourth-order valence-electron chi connectivity index (χ4n) is 4.46. The van der Waals surface area contributed by atoms with Crippen molar-refractivity contribution < 1.29 is 31.1 Å². The van der Waals surface area contributed by atoms with E-state index < -0.39 is 21.8 Å². The van der Waals surface area contributed by atoms with E-state index >= 15 is 0 Å². The number of aryl methyl sites for hydroxylation is 1. The third kappa shape index (κ3) is 5.63. The molecule has 3 aromatic carbocycles. The molecule has 0 saturated heterocycles. The molecule has 0 unspecified atom stereocenters. The first-order valence-corrected chi connectivity index (χ1v) is 14.9. The lowest BCUT2D eigenvalue weighted by atomic mass is 10.0. The zero-order valence-electron chi connectivity index (χ0n) is 21.8. The number of hydrogen-bond donors (Lipinski definition) is 0. The lowest BCUT2D eigenvalue weighted by molar-refractivity contribution is -0.137. The number of ether oxygens (including phenoxy) is 2. The predicted molar refractivity (Wildman–Crippen MR) is 154 cm³/mol. The highest BCUT2D eigenvalue weighted by Crippen LogP contribution is 2.39. The lowest BCUT2D eigenvalue weighted by Gasteiger charge is -2.23. The van der Waals surface area contributed by atoms with Gasteiger partial charge < -0.3 is 14.0 Å². The second-order valence-corrected chi connectivity index (χ2v) is 12.5. The van der Waals surface area contributed by atoms with E-state index in [2.05, 4.69) is 25.3 Å². The minimum Gasteiger partial charge on any atom is -0.497 e. The normalized spacial score (nSPS) is 12.1. The first-order chi connectivity index (χ1) is 19.4. The monoisotopic (exact) mass is 666 g/mol. The Morgan fingerprint density at radius 1 is 1.05 bits per heavy atom. The number of hydrogen-bond acceptors (Lipinski definition) is 7. The summed E-state index contributed by atoms with van der Waals surface area (Å²) >= 11 is 4.10. The van der Waals surface area contributed by atoms with Crippen molar-refractivity contribution in [1.29, 1.82) is 0 Å². The summed E-state index contributed by atoms with van der Waals surface area (Å²) in [7, 11) is 0.525. The van der Waals surface area contributed by atoms with E-state index in [1.807, 2.05) is 0 Å². The van der Waals surface area contributed by atoms with Crippen LogP contribution in [0.25, 0.3) is 22.0 Å². The van der Waals surface area contributed by atoms with Crippen LogP contribution in [0.3, 0.4) is 0 Å². The van der Waals surface area contributed by atoms with Crippen LogP contribution < -0.4 is 13.8 Å². The number of benzene rings is 3. The summed E-state index contributed by atoms with van der Waals surface area (Å²) < 4.78 is 86.3. The van der Waals surface area contributed by atoms with Gasteiger partial charge in [0.2, 0.25) is 5.13 Å². The van der Waals surface area contributed by atoms with Crippen molar-refractivity contribution in [2.45, 2.75) is 17.6 Å². The smallest absolute Gasteiger partial charge is 0.416 e. The van der Waals surface area contributed by atoms with Crippen molar-refractivity contribution in [3.8, 4) is 22.6 Å². The first-order valence-electron chi connectivity index (χ1n) is 11.9. The van der Waals surface area contributed by atoms with Crippen molar-refractivity contribution in [2.75, 3.05) is 18.5 Å². The standard InChI is InChI=1S/C27H22BrF3N4O4S2/c1-34-14-23(17-8-18(27(29,30)31)10-19(28)9-17)22-7-6-21(12-24(22)34)41(36,37)35(26-32-15-33-40-26)13-16-4-5-20(38-2)11-25(16)39-3/h4-12,14-15H,13H2,1-3H3. The minimum absolute atomic E-state index is 0.0225. The number of anilines is 1. The number of halogens is 4. The molecule has 0 spiro atoms. The molecule has 0 aliphatic rings. The molecule has 0 aliphatic heterocycles. The molecule has 5 rings (SSSR count). The van der Waals surface area contributed by atoms with Gasteiger partial charge in [0.05, 0.1) is 31.2 Å². The van der Waals surface area contributed by atoms with Crippen LogP contribution >= 0.6 is 27.5 Å². The Balaban J connectivity index is 1.59. The Labute approximate surface area is 246 Å². The van der Waals surface area contributed by atoms with Crippen LogP contribution in [0.5, 0.6) is 11.5 Å². The molecule has 41 heavy (non-hydrogen) atoms. The maximum atomic E-state index is 14.0. The van der Waals surface area contributed by atoms with Gasteiger partial charge in [-0.1, -0.05) is 22.0 Å². The van der Waals surface area contributed by atoms with Gasteiger partial charge in [-0.2, -0.15) is 17.5 Å². The van der Waals surface area contributed by atoms with Gasteiger partial charge in [-0.15, -0.1) is 0 Å². The Kier molecular flexibility index (Phi) is 7.74. The van der Waals surface area contributed by atoms with E-state index in [1.165, 1.54) is 32.7 Å². The molecule has 0 amide bonds.